The number of amides is 3. The average Bonchev–Trinajstić information content (AvgIpc) is 3.10. The van der Waals surface area contributed by atoms with Crippen molar-refractivity contribution in [3.05, 3.63) is 120 Å². The minimum atomic E-state index is -4.49. The summed E-state index contributed by atoms with van der Waals surface area (Å²) in [6, 6.07) is 19.8. The van der Waals surface area contributed by atoms with Crippen LogP contribution >= 0.6 is 0 Å². The van der Waals surface area contributed by atoms with Gasteiger partial charge in [0.1, 0.15) is 5.82 Å². The first kappa shape index (κ1) is 33.7. The topological polar surface area (TPSA) is 117 Å². The smallest absolute Gasteiger partial charge is 0.344 e. The second kappa shape index (κ2) is 14.8. The van der Waals surface area contributed by atoms with Crippen LogP contribution in [0.3, 0.4) is 0 Å². The number of unbranched alkanes of at least 4 members (excludes halogenated alkanes) is 2. The van der Waals surface area contributed by atoms with Gasteiger partial charge in [-0.25, -0.2) is 4.98 Å². The molecule has 12 heteroatoms. The highest BCUT2D eigenvalue weighted by atomic mass is 19.4. The van der Waals surface area contributed by atoms with Crippen LogP contribution in [0.2, 0.25) is 0 Å². The minimum absolute atomic E-state index is 0.152. The van der Waals surface area contributed by atoms with Gasteiger partial charge in [-0.2, -0.15) is 13.2 Å². The highest BCUT2D eigenvalue weighted by molar-refractivity contribution is 6.08. The molecule has 0 aliphatic heterocycles. The fraction of sp³-hybridized carbons (Fsp3) is 0.222. The van der Waals surface area contributed by atoms with Gasteiger partial charge in [0, 0.05) is 42.5 Å². The normalized spacial score (nSPS) is 11.9. The van der Waals surface area contributed by atoms with Gasteiger partial charge in [0.05, 0.1) is 28.0 Å². The van der Waals surface area contributed by atoms with Crippen LogP contribution in [0, 0.1) is 0 Å². The molecule has 48 heavy (non-hydrogen) atoms. The number of pyridine rings is 3. The van der Waals surface area contributed by atoms with E-state index in [4.69, 9.17) is 0 Å². The van der Waals surface area contributed by atoms with Gasteiger partial charge in [-0.1, -0.05) is 38.0 Å². The molecule has 3 aromatic heterocycles. The number of carbonyl (C=O) groups is 3. The van der Waals surface area contributed by atoms with Crippen LogP contribution in [0.15, 0.2) is 97.3 Å². The Morgan fingerprint density at radius 1 is 0.854 bits per heavy atom. The highest BCUT2D eigenvalue weighted by Crippen LogP contribution is 2.31. The predicted molar refractivity (Wildman–Crippen MR) is 176 cm³/mol. The van der Waals surface area contributed by atoms with Gasteiger partial charge in [-0.05, 0) is 73.2 Å². The summed E-state index contributed by atoms with van der Waals surface area (Å²) in [4.78, 5) is 54.7. The number of aromatic nitrogens is 3. The van der Waals surface area contributed by atoms with Crippen LogP contribution in [0.1, 0.15) is 64.2 Å². The number of fused-ring (bicyclic) bond motifs is 1. The third-order valence-electron chi connectivity index (χ3n) is 7.71. The standard InChI is InChI=1S/C36H33F3N6O3/c1-3-4-7-21-45(2)35(48)32(29-10-5-6-19-40-29)44-33(46)25-13-17-28-24(22-25)14-18-30(42-28)43-34(47)27-9-8-20-41-31(27)23-11-15-26(16-12-23)36(37,38)39/h5-6,8-20,22,32H,3-4,7,21H2,1-2H3,(H,44,46)(H,42,43,47)/t32-/m0/s1. The van der Waals surface area contributed by atoms with E-state index in [0.29, 0.717) is 34.3 Å². The number of benzene rings is 2. The van der Waals surface area contributed by atoms with E-state index in [0.717, 1.165) is 31.4 Å². The lowest BCUT2D eigenvalue weighted by Crippen LogP contribution is -2.42. The molecule has 246 valence electrons. The Morgan fingerprint density at radius 2 is 1.62 bits per heavy atom. The molecule has 3 heterocycles. The molecule has 3 amide bonds. The average molecular weight is 655 g/mol. The molecular formula is C36H33F3N6O3. The lowest BCUT2D eigenvalue weighted by molar-refractivity contribution is -0.137. The van der Waals surface area contributed by atoms with E-state index >= 15 is 0 Å². The molecule has 0 radical (unpaired) electrons. The fourth-order valence-corrected chi connectivity index (χ4v) is 5.11. The molecule has 1 atom stereocenters. The Morgan fingerprint density at radius 3 is 2.33 bits per heavy atom. The Hall–Kier alpha value is -5.65. The van der Waals surface area contributed by atoms with E-state index in [1.165, 1.54) is 24.4 Å². The van der Waals surface area contributed by atoms with Crippen LogP contribution in [-0.4, -0.2) is 51.2 Å². The summed E-state index contributed by atoms with van der Waals surface area (Å²) in [7, 11) is 1.71. The van der Waals surface area contributed by atoms with Crippen molar-refractivity contribution >= 4 is 34.4 Å². The van der Waals surface area contributed by atoms with Crippen molar-refractivity contribution < 1.29 is 27.6 Å². The second-order valence-corrected chi connectivity index (χ2v) is 11.2. The van der Waals surface area contributed by atoms with Gasteiger partial charge >= 0.3 is 6.18 Å². The van der Waals surface area contributed by atoms with E-state index in [1.807, 2.05) is 0 Å². The van der Waals surface area contributed by atoms with Gasteiger partial charge in [-0.3, -0.25) is 24.4 Å². The SMILES string of the molecule is CCCCCN(C)C(=O)[C@@H](NC(=O)c1ccc2nc(NC(=O)c3cccnc3-c3ccc(C(F)(F)F)cc3)ccc2c1)c1ccccn1. The van der Waals surface area contributed by atoms with Crippen molar-refractivity contribution in [1.82, 2.24) is 25.2 Å². The lowest BCUT2D eigenvalue weighted by Gasteiger charge is -2.24. The van der Waals surface area contributed by atoms with Crippen LogP contribution in [0.25, 0.3) is 22.2 Å². The van der Waals surface area contributed by atoms with Crippen LogP contribution in [0.5, 0.6) is 0 Å². The molecule has 0 saturated heterocycles. The van der Waals surface area contributed by atoms with E-state index in [1.54, 1.807) is 72.7 Å². The second-order valence-electron chi connectivity index (χ2n) is 11.2. The summed E-state index contributed by atoms with van der Waals surface area (Å²) in [6.07, 6.45) is 1.39. The Labute approximate surface area is 275 Å². The Kier molecular flexibility index (Phi) is 10.4. The molecule has 0 unspecified atom stereocenters. The Bertz CT molecular complexity index is 1920. The summed E-state index contributed by atoms with van der Waals surface area (Å²) < 4.78 is 39.1. The maximum Gasteiger partial charge on any atom is 0.416 e. The summed E-state index contributed by atoms with van der Waals surface area (Å²) >= 11 is 0. The molecule has 0 saturated carbocycles. The predicted octanol–water partition coefficient (Wildman–Crippen LogP) is 7.08. The van der Waals surface area contributed by atoms with E-state index in [9.17, 15) is 27.6 Å². The molecule has 0 aliphatic rings. The maximum atomic E-state index is 13.4. The molecule has 5 rings (SSSR count). The molecule has 5 aromatic rings. The summed E-state index contributed by atoms with van der Waals surface area (Å²) in [5.74, 6) is -1.06. The van der Waals surface area contributed by atoms with E-state index < -0.39 is 29.6 Å². The number of halogens is 3. The molecule has 0 fully saturated rings. The Balaban J connectivity index is 1.32. The molecule has 0 aliphatic carbocycles. The number of hydrogen-bond acceptors (Lipinski definition) is 6. The van der Waals surface area contributed by atoms with Gasteiger partial charge in [-0.15, -0.1) is 0 Å². The molecular weight excluding hydrogens is 621 g/mol. The minimum Gasteiger partial charge on any atom is -0.344 e. The number of carbonyl (C=O) groups excluding carboxylic acids is 3. The fourth-order valence-electron chi connectivity index (χ4n) is 5.11. The quantitative estimate of drug-likeness (QED) is 0.147. The number of hydrogen-bond donors (Lipinski definition) is 2. The van der Waals surface area contributed by atoms with E-state index in [-0.39, 0.29) is 23.0 Å². The zero-order valence-electron chi connectivity index (χ0n) is 26.3. The van der Waals surface area contributed by atoms with Crippen LogP contribution in [0.4, 0.5) is 19.0 Å². The van der Waals surface area contributed by atoms with Gasteiger partial charge in [0.25, 0.3) is 17.7 Å². The zero-order valence-corrected chi connectivity index (χ0v) is 26.3. The number of anilines is 1. The van der Waals surface area contributed by atoms with Crippen molar-refractivity contribution in [3.8, 4) is 11.3 Å². The number of rotatable bonds is 11. The summed E-state index contributed by atoms with van der Waals surface area (Å²) in [6.45, 7) is 2.64. The van der Waals surface area contributed by atoms with E-state index in [2.05, 4.69) is 32.5 Å². The zero-order chi connectivity index (χ0) is 34.3. The maximum absolute atomic E-state index is 13.4. The third kappa shape index (κ3) is 8.00. The first-order valence-electron chi connectivity index (χ1n) is 15.4. The monoisotopic (exact) mass is 654 g/mol. The highest BCUT2D eigenvalue weighted by Gasteiger charge is 2.30. The number of nitrogens with one attached hydrogen (secondary N) is 2. The summed E-state index contributed by atoms with van der Waals surface area (Å²) in [5, 5.41) is 6.17. The number of alkyl halides is 3. The largest absolute Gasteiger partial charge is 0.416 e. The molecule has 0 bridgehead atoms. The number of nitrogens with zero attached hydrogens (tertiary/aromatic N) is 4. The van der Waals surface area contributed by atoms with Crippen molar-refractivity contribution in [1.29, 1.82) is 0 Å². The van der Waals surface area contributed by atoms with Crippen molar-refractivity contribution in [2.45, 2.75) is 38.4 Å². The lowest BCUT2D eigenvalue weighted by atomic mass is 10.0. The first-order valence-corrected chi connectivity index (χ1v) is 15.4. The molecule has 2 aromatic carbocycles. The number of likely N-dealkylation sites (N-methyl/N-ethyl adjacent to an activating group) is 1. The molecule has 2 N–H and O–H groups in total. The summed E-state index contributed by atoms with van der Waals surface area (Å²) in [5.41, 5.74) is 1.14. The molecule has 9 nitrogen and oxygen atoms in total. The van der Waals surface area contributed by atoms with Crippen LogP contribution in [-0.2, 0) is 11.0 Å². The van der Waals surface area contributed by atoms with Gasteiger partial charge in [0.2, 0.25) is 0 Å². The van der Waals surface area contributed by atoms with Crippen molar-refractivity contribution in [3.63, 3.8) is 0 Å². The van der Waals surface area contributed by atoms with Gasteiger partial charge < -0.3 is 15.5 Å². The van der Waals surface area contributed by atoms with Gasteiger partial charge in [0.15, 0.2) is 6.04 Å². The van der Waals surface area contributed by atoms with Crippen LogP contribution < -0.4 is 10.6 Å². The first-order chi connectivity index (χ1) is 23.0. The third-order valence-corrected chi connectivity index (χ3v) is 7.71. The van der Waals surface area contributed by atoms with Crippen molar-refractivity contribution in [2.75, 3.05) is 18.9 Å². The van der Waals surface area contributed by atoms with Crippen molar-refractivity contribution in [2.24, 2.45) is 0 Å². The molecule has 0 spiro atoms.